The van der Waals surface area contributed by atoms with Gasteiger partial charge in [0.25, 0.3) is 0 Å². The standard InChI is InChI=1S/C16H13ClN4O/c1-22-12-6-4-5-11(9-12)10-18-20-16-14-8-3-2-7-13(14)15(17)19-21-16/h2-10H,1H3,(H,20,21)/b18-10-. The minimum Gasteiger partial charge on any atom is -0.497 e. The number of fused-ring (bicyclic) bond motifs is 1. The van der Waals surface area contributed by atoms with Crippen LogP contribution in [0.5, 0.6) is 5.75 Å². The molecule has 6 heteroatoms. The Hall–Kier alpha value is -2.66. The van der Waals surface area contributed by atoms with Gasteiger partial charge in [0.2, 0.25) is 0 Å². The lowest BCUT2D eigenvalue weighted by Gasteiger charge is -2.04. The van der Waals surface area contributed by atoms with Crippen LogP contribution in [-0.4, -0.2) is 23.5 Å². The molecule has 5 nitrogen and oxygen atoms in total. The lowest BCUT2D eigenvalue weighted by Crippen LogP contribution is -1.97. The first-order valence-electron chi connectivity index (χ1n) is 6.62. The molecule has 22 heavy (non-hydrogen) atoms. The molecule has 0 saturated heterocycles. The highest BCUT2D eigenvalue weighted by atomic mass is 35.5. The van der Waals surface area contributed by atoms with Gasteiger partial charge in [-0.05, 0) is 17.7 Å². The Morgan fingerprint density at radius 1 is 1.09 bits per heavy atom. The Bertz CT molecular complexity index is 835. The molecule has 0 aliphatic heterocycles. The molecular formula is C16H13ClN4O. The van der Waals surface area contributed by atoms with Crippen molar-refractivity contribution in [3.8, 4) is 5.75 Å². The molecule has 1 N–H and O–H groups in total. The summed E-state index contributed by atoms with van der Waals surface area (Å²) in [6.07, 6.45) is 1.69. The number of halogens is 1. The van der Waals surface area contributed by atoms with E-state index in [1.54, 1.807) is 13.3 Å². The topological polar surface area (TPSA) is 59.4 Å². The molecule has 3 aromatic rings. The molecule has 0 aliphatic carbocycles. The van der Waals surface area contributed by atoms with Gasteiger partial charge >= 0.3 is 0 Å². The lowest BCUT2D eigenvalue weighted by molar-refractivity contribution is 0.415. The first-order valence-corrected chi connectivity index (χ1v) is 7.00. The van der Waals surface area contributed by atoms with Crippen molar-refractivity contribution in [2.45, 2.75) is 0 Å². The molecule has 0 bridgehead atoms. The number of hydrogen-bond acceptors (Lipinski definition) is 5. The Morgan fingerprint density at radius 3 is 2.73 bits per heavy atom. The predicted molar refractivity (Wildman–Crippen MR) is 88.8 cm³/mol. The quantitative estimate of drug-likeness (QED) is 0.589. The lowest BCUT2D eigenvalue weighted by atomic mass is 10.2. The van der Waals surface area contributed by atoms with Crippen molar-refractivity contribution in [2.24, 2.45) is 5.10 Å². The summed E-state index contributed by atoms with van der Waals surface area (Å²) < 4.78 is 5.17. The van der Waals surface area contributed by atoms with Crippen molar-refractivity contribution in [3.63, 3.8) is 0 Å². The van der Waals surface area contributed by atoms with E-state index < -0.39 is 0 Å². The molecule has 0 radical (unpaired) electrons. The predicted octanol–water partition coefficient (Wildman–Crippen LogP) is 3.74. The number of methoxy groups -OCH3 is 1. The van der Waals surface area contributed by atoms with Crippen LogP contribution in [0.2, 0.25) is 5.15 Å². The fourth-order valence-electron chi connectivity index (χ4n) is 2.04. The molecule has 0 unspecified atom stereocenters. The summed E-state index contributed by atoms with van der Waals surface area (Å²) in [5.74, 6) is 1.33. The summed E-state index contributed by atoms with van der Waals surface area (Å²) in [4.78, 5) is 0. The number of anilines is 1. The van der Waals surface area contributed by atoms with E-state index in [-0.39, 0.29) is 0 Å². The van der Waals surface area contributed by atoms with Crippen LogP contribution in [0.25, 0.3) is 10.8 Å². The summed E-state index contributed by atoms with van der Waals surface area (Å²) in [5, 5.41) is 14.2. The molecular weight excluding hydrogens is 300 g/mol. The van der Waals surface area contributed by atoms with Crippen LogP contribution in [0.15, 0.2) is 53.6 Å². The zero-order valence-electron chi connectivity index (χ0n) is 11.8. The van der Waals surface area contributed by atoms with Gasteiger partial charge < -0.3 is 4.74 Å². The molecule has 110 valence electrons. The van der Waals surface area contributed by atoms with Crippen LogP contribution < -0.4 is 10.2 Å². The summed E-state index contributed by atoms with van der Waals surface area (Å²) >= 11 is 6.04. The van der Waals surface area contributed by atoms with E-state index >= 15 is 0 Å². The average Bonchev–Trinajstić information content (AvgIpc) is 2.57. The number of benzene rings is 2. The molecule has 0 fully saturated rings. The van der Waals surface area contributed by atoms with E-state index in [2.05, 4.69) is 20.7 Å². The van der Waals surface area contributed by atoms with Crippen molar-refractivity contribution in [3.05, 3.63) is 59.2 Å². The van der Waals surface area contributed by atoms with Gasteiger partial charge in [-0.25, -0.2) is 0 Å². The summed E-state index contributed by atoms with van der Waals surface area (Å²) in [6, 6.07) is 15.2. The number of ether oxygens (including phenoxy) is 1. The average molecular weight is 313 g/mol. The normalized spacial score (nSPS) is 11.0. The number of hydrogen-bond donors (Lipinski definition) is 1. The van der Waals surface area contributed by atoms with Crippen LogP contribution in [0.3, 0.4) is 0 Å². The molecule has 0 atom stereocenters. The Labute approximate surface area is 132 Å². The number of aromatic nitrogens is 2. The Balaban J connectivity index is 1.85. The van der Waals surface area contributed by atoms with Crippen LogP contribution in [0.4, 0.5) is 5.82 Å². The fourth-order valence-corrected chi connectivity index (χ4v) is 2.25. The Morgan fingerprint density at radius 2 is 1.91 bits per heavy atom. The highest BCUT2D eigenvalue weighted by Crippen LogP contribution is 2.25. The molecule has 2 aromatic carbocycles. The first-order chi connectivity index (χ1) is 10.8. The van der Waals surface area contributed by atoms with E-state index in [0.29, 0.717) is 11.0 Å². The van der Waals surface area contributed by atoms with Crippen molar-refractivity contribution in [1.82, 2.24) is 10.2 Å². The van der Waals surface area contributed by atoms with E-state index in [1.807, 2.05) is 48.5 Å². The summed E-state index contributed by atoms with van der Waals surface area (Å²) in [5.41, 5.74) is 3.81. The maximum absolute atomic E-state index is 6.04. The van der Waals surface area contributed by atoms with Crippen LogP contribution in [0, 0.1) is 0 Å². The smallest absolute Gasteiger partial charge is 0.176 e. The fraction of sp³-hybridized carbons (Fsp3) is 0.0625. The molecule has 1 aromatic heterocycles. The molecule has 0 amide bonds. The molecule has 0 aliphatic rings. The van der Waals surface area contributed by atoms with Gasteiger partial charge in [0, 0.05) is 10.8 Å². The third kappa shape index (κ3) is 2.99. The van der Waals surface area contributed by atoms with E-state index in [1.165, 1.54) is 0 Å². The SMILES string of the molecule is COc1cccc(/C=N\Nc2nnc(Cl)c3ccccc23)c1. The van der Waals surface area contributed by atoms with Gasteiger partial charge in [-0.1, -0.05) is 48.0 Å². The second kappa shape index (κ2) is 6.41. The second-order valence-corrected chi connectivity index (χ2v) is 4.89. The number of hydrazone groups is 1. The second-order valence-electron chi connectivity index (χ2n) is 4.53. The molecule has 1 heterocycles. The maximum atomic E-state index is 6.04. The van der Waals surface area contributed by atoms with Crippen molar-refractivity contribution in [2.75, 3.05) is 12.5 Å². The van der Waals surface area contributed by atoms with Gasteiger partial charge in [0.1, 0.15) is 5.75 Å². The van der Waals surface area contributed by atoms with Gasteiger partial charge in [0.05, 0.1) is 13.3 Å². The van der Waals surface area contributed by atoms with Crippen LogP contribution in [-0.2, 0) is 0 Å². The molecule has 0 saturated carbocycles. The van der Waals surface area contributed by atoms with Gasteiger partial charge in [-0.3, -0.25) is 5.43 Å². The third-order valence-corrected chi connectivity index (χ3v) is 3.40. The maximum Gasteiger partial charge on any atom is 0.176 e. The van der Waals surface area contributed by atoms with Crippen LogP contribution in [0.1, 0.15) is 5.56 Å². The number of rotatable bonds is 4. The largest absolute Gasteiger partial charge is 0.497 e. The minimum atomic E-state index is 0.373. The van der Waals surface area contributed by atoms with E-state index in [4.69, 9.17) is 16.3 Å². The number of nitrogens with zero attached hydrogens (tertiary/aromatic N) is 3. The van der Waals surface area contributed by atoms with Gasteiger partial charge in [0.15, 0.2) is 11.0 Å². The zero-order valence-corrected chi connectivity index (χ0v) is 12.6. The molecule has 0 spiro atoms. The summed E-state index contributed by atoms with van der Waals surface area (Å²) in [6.45, 7) is 0. The number of nitrogens with one attached hydrogen (secondary N) is 1. The first kappa shape index (κ1) is 14.3. The van der Waals surface area contributed by atoms with Crippen molar-refractivity contribution in [1.29, 1.82) is 0 Å². The van der Waals surface area contributed by atoms with E-state index in [0.717, 1.165) is 22.1 Å². The van der Waals surface area contributed by atoms with Crippen molar-refractivity contribution >= 4 is 34.4 Å². The van der Waals surface area contributed by atoms with Gasteiger partial charge in [-0.2, -0.15) is 5.10 Å². The molecule has 3 rings (SSSR count). The Kier molecular flexibility index (Phi) is 4.16. The van der Waals surface area contributed by atoms with Gasteiger partial charge in [-0.15, -0.1) is 10.2 Å². The van der Waals surface area contributed by atoms with Crippen LogP contribution >= 0.6 is 11.6 Å². The van der Waals surface area contributed by atoms with Crippen molar-refractivity contribution < 1.29 is 4.74 Å². The minimum absolute atomic E-state index is 0.373. The zero-order chi connectivity index (χ0) is 15.4. The highest BCUT2D eigenvalue weighted by molar-refractivity contribution is 6.34. The highest BCUT2D eigenvalue weighted by Gasteiger charge is 2.06. The summed E-state index contributed by atoms with van der Waals surface area (Å²) in [7, 11) is 1.63. The monoisotopic (exact) mass is 312 g/mol. The van der Waals surface area contributed by atoms with E-state index in [9.17, 15) is 0 Å². The third-order valence-electron chi connectivity index (χ3n) is 3.12.